The number of carboxylic acid groups (broad SMARTS) is 1. The van der Waals surface area contributed by atoms with Gasteiger partial charge < -0.3 is 15.3 Å². The summed E-state index contributed by atoms with van der Waals surface area (Å²) >= 11 is 0. The lowest BCUT2D eigenvalue weighted by molar-refractivity contribution is -0.138. The molecular formula is C15H26N2O3. The van der Waals surface area contributed by atoms with E-state index < -0.39 is 5.97 Å². The summed E-state index contributed by atoms with van der Waals surface area (Å²) in [7, 11) is 0. The van der Waals surface area contributed by atoms with Crippen LogP contribution in [0.1, 0.15) is 46.0 Å². The van der Waals surface area contributed by atoms with Gasteiger partial charge in [0.25, 0.3) is 0 Å². The molecular weight excluding hydrogens is 256 g/mol. The van der Waals surface area contributed by atoms with Gasteiger partial charge >= 0.3 is 12.0 Å². The standard InChI is InChI=1S/C15H26N2O3/c1-10-3-4-13(11(10)2)16-15(20)17-7-5-12(6-8-17)9-14(18)19/h10-13H,3-9H2,1-2H3,(H,16,20)(H,18,19). The van der Waals surface area contributed by atoms with Crippen molar-refractivity contribution in [2.75, 3.05) is 13.1 Å². The van der Waals surface area contributed by atoms with E-state index in [2.05, 4.69) is 19.2 Å². The highest BCUT2D eigenvalue weighted by molar-refractivity contribution is 5.74. The number of nitrogens with zero attached hydrogens (tertiary/aromatic N) is 1. The van der Waals surface area contributed by atoms with Gasteiger partial charge in [-0.15, -0.1) is 0 Å². The Balaban J connectivity index is 1.76. The third-order valence-electron chi connectivity index (χ3n) is 5.14. The van der Waals surface area contributed by atoms with Crippen molar-refractivity contribution < 1.29 is 14.7 Å². The number of hydrogen-bond donors (Lipinski definition) is 2. The number of carboxylic acids is 1. The van der Waals surface area contributed by atoms with Gasteiger partial charge in [0.15, 0.2) is 0 Å². The van der Waals surface area contributed by atoms with Crippen molar-refractivity contribution in [3.63, 3.8) is 0 Å². The molecule has 3 unspecified atom stereocenters. The molecule has 2 rings (SSSR count). The monoisotopic (exact) mass is 282 g/mol. The number of hydrogen-bond acceptors (Lipinski definition) is 2. The zero-order valence-electron chi connectivity index (χ0n) is 12.5. The van der Waals surface area contributed by atoms with Crippen LogP contribution in [0.2, 0.25) is 0 Å². The van der Waals surface area contributed by atoms with Gasteiger partial charge in [0, 0.05) is 25.6 Å². The molecule has 0 aromatic rings. The normalized spacial score (nSPS) is 31.3. The number of aliphatic carboxylic acids is 1. The number of amides is 2. The van der Waals surface area contributed by atoms with E-state index in [1.54, 1.807) is 0 Å². The van der Waals surface area contributed by atoms with Gasteiger partial charge in [0.1, 0.15) is 0 Å². The molecule has 5 nitrogen and oxygen atoms in total. The van der Waals surface area contributed by atoms with E-state index in [-0.39, 0.29) is 18.4 Å². The average molecular weight is 282 g/mol. The molecule has 1 aliphatic carbocycles. The van der Waals surface area contributed by atoms with E-state index in [9.17, 15) is 9.59 Å². The first kappa shape index (κ1) is 15.1. The van der Waals surface area contributed by atoms with Gasteiger partial charge in [0.05, 0.1) is 0 Å². The molecule has 2 N–H and O–H groups in total. The van der Waals surface area contributed by atoms with Crippen molar-refractivity contribution in [3.8, 4) is 0 Å². The average Bonchev–Trinajstić information content (AvgIpc) is 2.71. The second-order valence-electron chi connectivity index (χ2n) is 6.50. The lowest BCUT2D eigenvalue weighted by Crippen LogP contribution is -2.48. The van der Waals surface area contributed by atoms with Crippen LogP contribution in [0.3, 0.4) is 0 Å². The Morgan fingerprint density at radius 3 is 2.30 bits per heavy atom. The fourth-order valence-electron chi connectivity index (χ4n) is 3.41. The molecule has 2 aliphatic rings. The summed E-state index contributed by atoms with van der Waals surface area (Å²) in [6.07, 6.45) is 4.09. The molecule has 1 saturated heterocycles. The second kappa shape index (κ2) is 6.46. The molecule has 2 fully saturated rings. The van der Waals surface area contributed by atoms with Crippen LogP contribution in [0, 0.1) is 17.8 Å². The van der Waals surface area contributed by atoms with Crippen molar-refractivity contribution in [1.82, 2.24) is 10.2 Å². The number of nitrogens with one attached hydrogen (secondary N) is 1. The first-order valence-corrected chi connectivity index (χ1v) is 7.74. The SMILES string of the molecule is CC1CCC(NC(=O)N2CCC(CC(=O)O)CC2)C1C. The predicted octanol–water partition coefficient (Wildman–Crippen LogP) is 2.32. The minimum atomic E-state index is -0.735. The van der Waals surface area contributed by atoms with E-state index in [0.29, 0.717) is 31.0 Å². The van der Waals surface area contributed by atoms with E-state index in [1.165, 1.54) is 6.42 Å². The Labute approximate surface area is 120 Å². The molecule has 20 heavy (non-hydrogen) atoms. The van der Waals surface area contributed by atoms with Crippen LogP contribution in [-0.4, -0.2) is 41.1 Å². The molecule has 1 aliphatic heterocycles. The highest BCUT2D eigenvalue weighted by Crippen LogP contribution is 2.31. The number of piperidine rings is 1. The molecule has 2 amide bonds. The Bertz CT molecular complexity index is 364. The molecule has 0 aromatic heterocycles. The fourth-order valence-corrected chi connectivity index (χ4v) is 3.41. The van der Waals surface area contributed by atoms with Crippen LogP contribution in [0.15, 0.2) is 0 Å². The van der Waals surface area contributed by atoms with E-state index in [1.807, 2.05) is 4.90 Å². The number of carbonyl (C=O) groups excluding carboxylic acids is 1. The Hall–Kier alpha value is -1.26. The van der Waals surface area contributed by atoms with Crippen molar-refractivity contribution in [2.45, 2.75) is 52.0 Å². The summed E-state index contributed by atoms with van der Waals surface area (Å²) in [6, 6.07) is 0.332. The summed E-state index contributed by atoms with van der Waals surface area (Å²) in [5.41, 5.74) is 0. The molecule has 0 spiro atoms. The highest BCUT2D eigenvalue weighted by Gasteiger charge is 2.32. The summed E-state index contributed by atoms with van der Waals surface area (Å²) in [5.74, 6) is 0.716. The van der Waals surface area contributed by atoms with Crippen LogP contribution in [0.5, 0.6) is 0 Å². The maximum Gasteiger partial charge on any atom is 0.317 e. The predicted molar refractivity (Wildman–Crippen MR) is 76.4 cm³/mol. The van der Waals surface area contributed by atoms with Gasteiger partial charge in [-0.1, -0.05) is 13.8 Å². The molecule has 114 valence electrons. The quantitative estimate of drug-likeness (QED) is 0.834. The molecule has 0 aromatic carbocycles. The van der Waals surface area contributed by atoms with E-state index in [0.717, 1.165) is 19.3 Å². The highest BCUT2D eigenvalue weighted by atomic mass is 16.4. The van der Waals surface area contributed by atoms with Gasteiger partial charge in [-0.2, -0.15) is 0 Å². The largest absolute Gasteiger partial charge is 0.481 e. The number of likely N-dealkylation sites (tertiary alicyclic amines) is 1. The van der Waals surface area contributed by atoms with Gasteiger partial charge in [-0.25, -0.2) is 4.79 Å². The van der Waals surface area contributed by atoms with E-state index >= 15 is 0 Å². The molecule has 3 atom stereocenters. The lowest BCUT2D eigenvalue weighted by Gasteiger charge is -2.33. The van der Waals surface area contributed by atoms with Gasteiger partial charge in [0.2, 0.25) is 0 Å². The molecule has 5 heteroatoms. The minimum Gasteiger partial charge on any atom is -0.481 e. The van der Waals surface area contributed by atoms with E-state index in [4.69, 9.17) is 5.11 Å². The van der Waals surface area contributed by atoms with Crippen LogP contribution < -0.4 is 5.32 Å². The summed E-state index contributed by atoms with van der Waals surface area (Å²) in [6.45, 7) is 5.82. The van der Waals surface area contributed by atoms with Crippen molar-refractivity contribution in [3.05, 3.63) is 0 Å². The Morgan fingerprint density at radius 1 is 1.15 bits per heavy atom. The Morgan fingerprint density at radius 2 is 1.80 bits per heavy atom. The zero-order chi connectivity index (χ0) is 14.7. The van der Waals surface area contributed by atoms with Crippen LogP contribution in [0.4, 0.5) is 4.79 Å². The number of rotatable bonds is 3. The number of urea groups is 1. The van der Waals surface area contributed by atoms with Crippen molar-refractivity contribution >= 4 is 12.0 Å². The van der Waals surface area contributed by atoms with Crippen molar-refractivity contribution in [2.24, 2.45) is 17.8 Å². The third kappa shape index (κ3) is 3.64. The molecule has 0 bridgehead atoms. The molecule has 0 radical (unpaired) electrons. The maximum atomic E-state index is 12.2. The minimum absolute atomic E-state index is 0.0322. The van der Waals surface area contributed by atoms with Crippen molar-refractivity contribution in [1.29, 1.82) is 0 Å². The molecule has 1 saturated carbocycles. The second-order valence-corrected chi connectivity index (χ2v) is 6.50. The topological polar surface area (TPSA) is 69.6 Å². The first-order chi connectivity index (χ1) is 9.47. The summed E-state index contributed by atoms with van der Waals surface area (Å²) < 4.78 is 0. The lowest BCUT2D eigenvalue weighted by atomic mass is 9.94. The van der Waals surface area contributed by atoms with Crippen LogP contribution >= 0.6 is 0 Å². The van der Waals surface area contributed by atoms with Crippen LogP contribution in [0.25, 0.3) is 0 Å². The summed E-state index contributed by atoms with van der Waals surface area (Å²) in [5, 5.41) is 11.9. The fraction of sp³-hybridized carbons (Fsp3) is 0.867. The van der Waals surface area contributed by atoms with Crippen LogP contribution in [-0.2, 0) is 4.79 Å². The smallest absolute Gasteiger partial charge is 0.317 e. The van der Waals surface area contributed by atoms with Gasteiger partial charge in [-0.05, 0) is 43.4 Å². The maximum absolute atomic E-state index is 12.2. The number of carbonyl (C=O) groups is 2. The van der Waals surface area contributed by atoms with Gasteiger partial charge in [-0.3, -0.25) is 4.79 Å². The third-order valence-corrected chi connectivity index (χ3v) is 5.14. The molecule has 1 heterocycles. The summed E-state index contributed by atoms with van der Waals surface area (Å²) in [4.78, 5) is 24.8. The zero-order valence-corrected chi connectivity index (χ0v) is 12.5. The Kier molecular flexibility index (Phi) is 4.89. The first-order valence-electron chi connectivity index (χ1n) is 7.74.